The third-order valence-electron chi connectivity index (χ3n) is 3.10. The summed E-state index contributed by atoms with van der Waals surface area (Å²) in [5, 5.41) is 10.7. The van der Waals surface area contributed by atoms with Crippen LogP contribution in [0.2, 0.25) is 5.02 Å². The molecule has 106 valence electrons. The van der Waals surface area contributed by atoms with Crippen LogP contribution in [0.5, 0.6) is 5.75 Å². The molecule has 1 atom stereocenters. The van der Waals surface area contributed by atoms with Gasteiger partial charge in [-0.2, -0.15) is 0 Å². The highest BCUT2D eigenvalue weighted by molar-refractivity contribution is 6.30. The van der Waals surface area contributed by atoms with E-state index in [9.17, 15) is 5.11 Å². The van der Waals surface area contributed by atoms with Crippen molar-refractivity contribution in [1.29, 1.82) is 0 Å². The van der Waals surface area contributed by atoms with Crippen LogP contribution in [0.15, 0.2) is 54.9 Å². The van der Waals surface area contributed by atoms with Crippen molar-refractivity contribution < 1.29 is 9.84 Å². The molecule has 21 heavy (non-hydrogen) atoms. The number of fused-ring (bicyclic) bond motifs is 1. The molecule has 3 aromatic rings. The van der Waals surface area contributed by atoms with Crippen LogP contribution in [0.1, 0.15) is 11.7 Å². The minimum Gasteiger partial charge on any atom is -0.490 e. The number of hydrogen-bond acceptors (Lipinski definition) is 4. The summed E-state index contributed by atoms with van der Waals surface area (Å²) in [5.74, 6) is 0.649. The van der Waals surface area contributed by atoms with Crippen molar-refractivity contribution in [2.24, 2.45) is 0 Å². The Morgan fingerprint density at radius 2 is 1.71 bits per heavy atom. The van der Waals surface area contributed by atoms with Crippen LogP contribution in [0.4, 0.5) is 0 Å². The average molecular weight is 301 g/mol. The molecule has 0 fully saturated rings. The molecule has 0 saturated heterocycles. The number of aromatic nitrogens is 2. The van der Waals surface area contributed by atoms with E-state index in [1.54, 1.807) is 42.7 Å². The van der Waals surface area contributed by atoms with E-state index in [1.807, 2.05) is 12.1 Å². The normalized spacial score (nSPS) is 12.3. The molecule has 3 rings (SSSR count). The lowest BCUT2D eigenvalue weighted by Gasteiger charge is -2.13. The van der Waals surface area contributed by atoms with Gasteiger partial charge in [0.25, 0.3) is 0 Å². The van der Waals surface area contributed by atoms with Crippen molar-refractivity contribution >= 4 is 22.6 Å². The number of ether oxygens (including phenoxy) is 1. The Morgan fingerprint density at radius 3 is 2.48 bits per heavy atom. The molecular weight excluding hydrogens is 288 g/mol. The first kappa shape index (κ1) is 13.8. The van der Waals surface area contributed by atoms with Crippen molar-refractivity contribution in [3.63, 3.8) is 0 Å². The van der Waals surface area contributed by atoms with Gasteiger partial charge in [0.15, 0.2) is 0 Å². The van der Waals surface area contributed by atoms with Gasteiger partial charge < -0.3 is 9.84 Å². The van der Waals surface area contributed by atoms with Crippen LogP contribution < -0.4 is 4.74 Å². The van der Waals surface area contributed by atoms with Crippen LogP contribution in [0.25, 0.3) is 11.0 Å². The fourth-order valence-electron chi connectivity index (χ4n) is 1.99. The van der Waals surface area contributed by atoms with Gasteiger partial charge in [-0.1, -0.05) is 23.7 Å². The zero-order chi connectivity index (χ0) is 14.7. The predicted molar refractivity (Wildman–Crippen MR) is 81.4 cm³/mol. The van der Waals surface area contributed by atoms with E-state index in [2.05, 4.69) is 9.97 Å². The third kappa shape index (κ3) is 3.29. The topological polar surface area (TPSA) is 55.2 Å². The zero-order valence-corrected chi connectivity index (χ0v) is 11.9. The van der Waals surface area contributed by atoms with E-state index in [0.717, 1.165) is 16.6 Å². The Morgan fingerprint density at radius 1 is 1.00 bits per heavy atom. The van der Waals surface area contributed by atoms with Gasteiger partial charge in [0.05, 0.1) is 11.0 Å². The minimum absolute atomic E-state index is 0.160. The van der Waals surface area contributed by atoms with Gasteiger partial charge in [0, 0.05) is 23.5 Å². The number of nitrogens with zero attached hydrogens (tertiary/aromatic N) is 2. The summed E-state index contributed by atoms with van der Waals surface area (Å²) in [7, 11) is 0. The second-order valence-electron chi connectivity index (χ2n) is 4.59. The number of aliphatic hydroxyl groups is 1. The van der Waals surface area contributed by atoms with E-state index in [1.165, 1.54) is 0 Å². The molecule has 0 spiro atoms. The largest absolute Gasteiger partial charge is 0.490 e. The van der Waals surface area contributed by atoms with Crippen molar-refractivity contribution in [3.8, 4) is 5.75 Å². The molecule has 0 radical (unpaired) electrons. The lowest BCUT2D eigenvalue weighted by molar-refractivity contribution is 0.108. The molecule has 2 aromatic carbocycles. The SMILES string of the molecule is OC(COc1ccc2nccnc2c1)c1ccc(Cl)cc1. The van der Waals surface area contributed by atoms with Crippen molar-refractivity contribution in [1.82, 2.24) is 9.97 Å². The van der Waals surface area contributed by atoms with E-state index in [0.29, 0.717) is 10.8 Å². The maximum Gasteiger partial charge on any atom is 0.121 e. The van der Waals surface area contributed by atoms with Gasteiger partial charge in [0.1, 0.15) is 18.5 Å². The molecule has 0 bridgehead atoms. The molecule has 4 nitrogen and oxygen atoms in total. The standard InChI is InChI=1S/C16H13ClN2O2/c17-12-3-1-11(2-4-12)16(20)10-21-13-5-6-14-15(9-13)19-8-7-18-14/h1-9,16,20H,10H2. The number of hydrogen-bond donors (Lipinski definition) is 1. The second-order valence-corrected chi connectivity index (χ2v) is 5.02. The van der Waals surface area contributed by atoms with E-state index in [4.69, 9.17) is 16.3 Å². The van der Waals surface area contributed by atoms with Crippen molar-refractivity contribution in [2.75, 3.05) is 6.61 Å². The maximum absolute atomic E-state index is 10.1. The Kier molecular flexibility index (Phi) is 3.99. The van der Waals surface area contributed by atoms with Crippen LogP contribution in [0, 0.1) is 0 Å². The number of aliphatic hydroxyl groups excluding tert-OH is 1. The highest BCUT2D eigenvalue weighted by Gasteiger charge is 2.09. The highest BCUT2D eigenvalue weighted by atomic mass is 35.5. The summed E-state index contributed by atoms with van der Waals surface area (Å²) >= 11 is 5.82. The molecule has 1 aromatic heterocycles. The highest BCUT2D eigenvalue weighted by Crippen LogP contribution is 2.20. The smallest absolute Gasteiger partial charge is 0.121 e. The summed E-state index contributed by atoms with van der Waals surface area (Å²) in [4.78, 5) is 8.41. The van der Waals surface area contributed by atoms with E-state index in [-0.39, 0.29) is 6.61 Å². The first-order chi connectivity index (χ1) is 10.2. The monoisotopic (exact) mass is 300 g/mol. The molecular formula is C16H13ClN2O2. The number of rotatable bonds is 4. The summed E-state index contributed by atoms with van der Waals surface area (Å²) in [6, 6.07) is 12.5. The van der Waals surface area contributed by atoms with E-state index < -0.39 is 6.10 Å². The van der Waals surface area contributed by atoms with Gasteiger partial charge in [-0.25, -0.2) is 0 Å². The van der Waals surface area contributed by atoms with Crippen LogP contribution >= 0.6 is 11.6 Å². The fourth-order valence-corrected chi connectivity index (χ4v) is 2.12. The molecule has 0 aliphatic rings. The minimum atomic E-state index is -0.708. The average Bonchev–Trinajstić information content (AvgIpc) is 2.53. The Labute approximate surface area is 127 Å². The predicted octanol–water partition coefficient (Wildman–Crippen LogP) is 3.40. The maximum atomic E-state index is 10.1. The first-order valence-electron chi connectivity index (χ1n) is 6.49. The van der Waals surface area contributed by atoms with Crippen molar-refractivity contribution in [2.45, 2.75) is 6.10 Å². The van der Waals surface area contributed by atoms with Crippen LogP contribution in [-0.2, 0) is 0 Å². The van der Waals surface area contributed by atoms with Gasteiger partial charge in [-0.15, -0.1) is 0 Å². The molecule has 0 aliphatic heterocycles. The molecule has 5 heteroatoms. The van der Waals surface area contributed by atoms with Gasteiger partial charge in [0.2, 0.25) is 0 Å². The lowest BCUT2D eigenvalue weighted by atomic mass is 10.1. The Balaban J connectivity index is 1.69. The molecule has 0 saturated carbocycles. The number of halogens is 1. The number of benzene rings is 2. The molecule has 1 unspecified atom stereocenters. The van der Waals surface area contributed by atoms with Crippen LogP contribution in [-0.4, -0.2) is 21.7 Å². The Hall–Kier alpha value is -2.17. The summed E-state index contributed by atoms with van der Waals surface area (Å²) < 4.78 is 5.61. The quantitative estimate of drug-likeness (QED) is 0.802. The van der Waals surface area contributed by atoms with Crippen molar-refractivity contribution in [3.05, 3.63) is 65.4 Å². The zero-order valence-electron chi connectivity index (χ0n) is 11.1. The summed E-state index contributed by atoms with van der Waals surface area (Å²) in [6.45, 7) is 0.160. The summed E-state index contributed by atoms with van der Waals surface area (Å²) in [6.07, 6.45) is 2.57. The van der Waals surface area contributed by atoms with Gasteiger partial charge in [-0.3, -0.25) is 9.97 Å². The molecule has 0 aliphatic carbocycles. The Bertz CT molecular complexity index is 747. The molecule has 1 N–H and O–H groups in total. The molecule has 1 heterocycles. The summed E-state index contributed by atoms with van der Waals surface area (Å²) in [5.41, 5.74) is 2.33. The van der Waals surface area contributed by atoms with E-state index >= 15 is 0 Å². The van der Waals surface area contributed by atoms with Gasteiger partial charge >= 0.3 is 0 Å². The first-order valence-corrected chi connectivity index (χ1v) is 6.87. The third-order valence-corrected chi connectivity index (χ3v) is 3.36. The molecule has 0 amide bonds. The second kappa shape index (κ2) is 6.08. The fraction of sp³-hybridized carbons (Fsp3) is 0.125. The van der Waals surface area contributed by atoms with Crippen LogP contribution in [0.3, 0.4) is 0 Å². The lowest BCUT2D eigenvalue weighted by Crippen LogP contribution is -2.09. The van der Waals surface area contributed by atoms with Gasteiger partial charge in [-0.05, 0) is 29.8 Å².